The molecule has 0 saturated heterocycles. The molecule has 1 aliphatic rings. The van der Waals surface area contributed by atoms with Gasteiger partial charge < -0.3 is 5.32 Å². The van der Waals surface area contributed by atoms with Crippen LogP contribution in [0, 0.1) is 11.3 Å². The molecule has 0 amide bonds. The summed E-state index contributed by atoms with van der Waals surface area (Å²) in [7, 11) is 0. The molecule has 0 unspecified atom stereocenters. The highest BCUT2D eigenvalue weighted by molar-refractivity contribution is 5.72. The van der Waals surface area contributed by atoms with Gasteiger partial charge in [-0.25, -0.2) is 9.97 Å². The van der Waals surface area contributed by atoms with E-state index in [0.29, 0.717) is 6.04 Å². The minimum atomic E-state index is 0.412. The number of hydrogen-bond donors (Lipinski definition) is 1. The molecular weight excluding hydrogens is 332 g/mol. The SMILES string of the molecule is CCc1nc(-c2cc3c(cc2C#N)CCC3)c(CC)nc1NC(CC)CC. The molecule has 0 radical (unpaired) electrons. The molecule has 0 bridgehead atoms. The van der Waals surface area contributed by atoms with Crippen molar-refractivity contribution in [1.29, 1.82) is 5.26 Å². The van der Waals surface area contributed by atoms with Crippen LogP contribution in [-0.2, 0) is 25.7 Å². The number of aromatic nitrogens is 2. The van der Waals surface area contributed by atoms with Crippen LogP contribution in [0.4, 0.5) is 5.82 Å². The van der Waals surface area contributed by atoms with Gasteiger partial charge in [0.25, 0.3) is 0 Å². The molecule has 1 aromatic heterocycles. The first-order valence-electron chi connectivity index (χ1n) is 10.4. The lowest BCUT2D eigenvalue weighted by Crippen LogP contribution is -2.20. The van der Waals surface area contributed by atoms with E-state index in [9.17, 15) is 5.26 Å². The highest BCUT2D eigenvalue weighted by Crippen LogP contribution is 2.33. The van der Waals surface area contributed by atoms with Crippen molar-refractivity contribution >= 4 is 5.82 Å². The van der Waals surface area contributed by atoms with Crippen molar-refractivity contribution in [3.05, 3.63) is 40.2 Å². The summed E-state index contributed by atoms with van der Waals surface area (Å²) in [5.74, 6) is 0.909. The molecule has 1 N–H and O–H groups in total. The fourth-order valence-corrected chi connectivity index (χ4v) is 3.93. The lowest BCUT2D eigenvalue weighted by molar-refractivity contribution is 0.665. The Bertz CT molecular complexity index is 860. The standard InChI is InChI=1S/C23H30N4/c1-5-18(6-2)25-23-21(8-4)26-22(20(7-3)27-23)19-13-16-11-9-10-15(16)12-17(19)14-24/h12-13,18H,5-11H2,1-4H3,(H,25,27). The van der Waals surface area contributed by atoms with Crippen molar-refractivity contribution in [1.82, 2.24) is 9.97 Å². The third kappa shape index (κ3) is 3.83. The van der Waals surface area contributed by atoms with Crippen molar-refractivity contribution in [2.75, 3.05) is 5.32 Å². The quantitative estimate of drug-likeness (QED) is 0.732. The van der Waals surface area contributed by atoms with Crippen LogP contribution in [-0.4, -0.2) is 16.0 Å². The molecule has 0 aliphatic heterocycles. The van der Waals surface area contributed by atoms with Crippen LogP contribution in [0.5, 0.6) is 0 Å². The Morgan fingerprint density at radius 2 is 1.67 bits per heavy atom. The van der Waals surface area contributed by atoms with E-state index in [2.05, 4.69) is 51.2 Å². The monoisotopic (exact) mass is 362 g/mol. The van der Waals surface area contributed by atoms with Crippen LogP contribution in [0.15, 0.2) is 12.1 Å². The van der Waals surface area contributed by atoms with Crippen LogP contribution in [0.2, 0.25) is 0 Å². The Hall–Kier alpha value is -2.41. The van der Waals surface area contributed by atoms with E-state index >= 15 is 0 Å². The largest absolute Gasteiger partial charge is 0.366 e. The number of nitrogens with one attached hydrogen (secondary N) is 1. The van der Waals surface area contributed by atoms with Crippen LogP contribution >= 0.6 is 0 Å². The number of nitrogens with zero attached hydrogens (tertiary/aromatic N) is 3. The average molecular weight is 363 g/mol. The first-order valence-corrected chi connectivity index (χ1v) is 10.4. The molecule has 0 fully saturated rings. The van der Waals surface area contributed by atoms with Crippen molar-refractivity contribution in [3.63, 3.8) is 0 Å². The Morgan fingerprint density at radius 3 is 2.26 bits per heavy atom. The number of nitriles is 1. The molecule has 1 aromatic carbocycles. The number of anilines is 1. The Morgan fingerprint density at radius 1 is 1.00 bits per heavy atom. The Labute approximate surface area is 163 Å². The van der Waals surface area contributed by atoms with Gasteiger partial charge in [0, 0.05) is 11.6 Å². The summed E-state index contributed by atoms with van der Waals surface area (Å²) >= 11 is 0. The average Bonchev–Trinajstić information content (AvgIpc) is 3.17. The van der Waals surface area contributed by atoms with Gasteiger partial charge in [-0.1, -0.05) is 27.7 Å². The molecule has 3 rings (SSSR count). The van der Waals surface area contributed by atoms with Crippen LogP contribution in [0.3, 0.4) is 0 Å². The second-order valence-corrected chi connectivity index (χ2v) is 7.31. The van der Waals surface area contributed by atoms with E-state index in [0.717, 1.165) is 72.6 Å². The van der Waals surface area contributed by atoms with E-state index in [-0.39, 0.29) is 0 Å². The molecule has 4 heteroatoms. The summed E-state index contributed by atoms with van der Waals surface area (Å²) in [5.41, 5.74) is 7.20. The molecule has 0 saturated carbocycles. The fraction of sp³-hybridized carbons (Fsp3) is 0.522. The zero-order valence-corrected chi connectivity index (χ0v) is 17.0. The normalized spacial score (nSPS) is 12.9. The molecule has 2 aromatic rings. The molecular formula is C23H30N4. The van der Waals surface area contributed by atoms with Gasteiger partial charge in [-0.05, 0) is 68.2 Å². The van der Waals surface area contributed by atoms with Crippen LogP contribution in [0.1, 0.15) is 75.0 Å². The number of aryl methyl sites for hydroxylation is 4. The zero-order valence-electron chi connectivity index (χ0n) is 17.0. The second-order valence-electron chi connectivity index (χ2n) is 7.31. The second kappa shape index (κ2) is 8.52. The highest BCUT2D eigenvalue weighted by Gasteiger charge is 2.21. The third-order valence-electron chi connectivity index (χ3n) is 5.64. The summed E-state index contributed by atoms with van der Waals surface area (Å²) in [5, 5.41) is 13.3. The molecule has 142 valence electrons. The lowest BCUT2D eigenvalue weighted by Gasteiger charge is -2.20. The predicted octanol–water partition coefficient (Wildman–Crippen LogP) is 5.23. The minimum Gasteiger partial charge on any atom is -0.366 e. The number of fused-ring (bicyclic) bond motifs is 1. The van der Waals surface area contributed by atoms with Crippen molar-refractivity contribution < 1.29 is 0 Å². The molecule has 4 nitrogen and oxygen atoms in total. The first-order chi connectivity index (χ1) is 13.1. The number of benzene rings is 1. The minimum absolute atomic E-state index is 0.412. The third-order valence-corrected chi connectivity index (χ3v) is 5.64. The Kier molecular flexibility index (Phi) is 6.11. The van der Waals surface area contributed by atoms with E-state index in [1.54, 1.807) is 0 Å². The van der Waals surface area contributed by atoms with Gasteiger partial charge in [0.2, 0.25) is 0 Å². The fourth-order valence-electron chi connectivity index (χ4n) is 3.93. The van der Waals surface area contributed by atoms with Gasteiger partial charge in [-0.15, -0.1) is 0 Å². The number of hydrogen-bond acceptors (Lipinski definition) is 4. The summed E-state index contributed by atoms with van der Waals surface area (Å²) in [6.45, 7) is 8.61. The van der Waals surface area contributed by atoms with E-state index in [1.807, 2.05) is 0 Å². The number of rotatable bonds is 7. The van der Waals surface area contributed by atoms with Gasteiger partial charge in [0.05, 0.1) is 28.7 Å². The predicted molar refractivity (Wildman–Crippen MR) is 111 cm³/mol. The topological polar surface area (TPSA) is 61.6 Å². The molecule has 27 heavy (non-hydrogen) atoms. The maximum Gasteiger partial charge on any atom is 0.148 e. The molecule has 0 spiro atoms. The van der Waals surface area contributed by atoms with Crippen molar-refractivity contribution in [2.45, 2.75) is 78.7 Å². The summed E-state index contributed by atoms with van der Waals surface area (Å²) in [6.07, 6.45) is 7.09. The molecule has 1 heterocycles. The zero-order chi connectivity index (χ0) is 19.4. The van der Waals surface area contributed by atoms with Crippen LogP contribution in [0.25, 0.3) is 11.3 Å². The van der Waals surface area contributed by atoms with Crippen molar-refractivity contribution in [2.24, 2.45) is 0 Å². The van der Waals surface area contributed by atoms with E-state index in [4.69, 9.17) is 9.97 Å². The maximum atomic E-state index is 9.73. The smallest absolute Gasteiger partial charge is 0.148 e. The van der Waals surface area contributed by atoms with Gasteiger partial charge in [-0.3, -0.25) is 0 Å². The van der Waals surface area contributed by atoms with Gasteiger partial charge >= 0.3 is 0 Å². The first kappa shape index (κ1) is 19.4. The van der Waals surface area contributed by atoms with Crippen molar-refractivity contribution in [3.8, 4) is 17.3 Å². The van der Waals surface area contributed by atoms with E-state index in [1.165, 1.54) is 17.5 Å². The van der Waals surface area contributed by atoms with Gasteiger partial charge in [-0.2, -0.15) is 5.26 Å². The Balaban J connectivity index is 2.13. The van der Waals surface area contributed by atoms with Gasteiger partial charge in [0.1, 0.15) is 5.82 Å². The highest BCUT2D eigenvalue weighted by atomic mass is 15.0. The maximum absolute atomic E-state index is 9.73. The lowest BCUT2D eigenvalue weighted by atomic mass is 9.96. The summed E-state index contributed by atoms with van der Waals surface area (Å²) in [6, 6.07) is 7.07. The summed E-state index contributed by atoms with van der Waals surface area (Å²) in [4.78, 5) is 9.97. The molecule has 0 atom stereocenters. The molecule has 1 aliphatic carbocycles. The van der Waals surface area contributed by atoms with E-state index < -0.39 is 0 Å². The van der Waals surface area contributed by atoms with Gasteiger partial charge in [0.15, 0.2) is 0 Å². The van der Waals surface area contributed by atoms with Crippen LogP contribution < -0.4 is 5.32 Å². The summed E-state index contributed by atoms with van der Waals surface area (Å²) < 4.78 is 0.